The van der Waals surface area contributed by atoms with Crippen molar-refractivity contribution in [3.05, 3.63) is 89.0 Å². The minimum atomic E-state index is -4.84. The van der Waals surface area contributed by atoms with Crippen LogP contribution in [0, 0.1) is 40.2 Å². The first kappa shape index (κ1) is 33.2. The molecule has 0 aliphatic carbocycles. The lowest BCUT2D eigenvalue weighted by Gasteiger charge is -2.30. The number of amides is 1. The van der Waals surface area contributed by atoms with Crippen LogP contribution >= 0.6 is 0 Å². The Morgan fingerprint density at radius 3 is 1.86 bits per heavy atom. The largest absolute Gasteiger partial charge is 0.407 e. The van der Waals surface area contributed by atoms with Crippen molar-refractivity contribution in [3.63, 3.8) is 0 Å². The number of nitrogens with zero attached hydrogens (tertiary/aromatic N) is 2. The number of nitrogens with one attached hydrogen (secondary N) is 2. The number of sulfone groups is 1. The number of rotatable bonds is 10. The summed E-state index contributed by atoms with van der Waals surface area (Å²) in [6.45, 7) is 2.99. The lowest BCUT2D eigenvalue weighted by molar-refractivity contribution is -0.161. The van der Waals surface area contributed by atoms with E-state index in [2.05, 4.69) is 10.6 Å². The van der Waals surface area contributed by atoms with Crippen LogP contribution in [0.2, 0.25) is 0 Å². The van der Waals surface area contributed by atoms with E-state index in [4.69, 9.17) is 5.26 Å². The van der Waals surface area contributed by atoms with Crippen LogP contribution < -0.4 is 10.6 Å². The monoisotopic (exact) mass is 618 g/mol. The highest BCUT2D eigenvalue weighted by Gasteiger charge is 2.43. The van der Waals surface area contributed by atoms with Gasteiger partial charge in [0.25, 0.3) is 0 Å². The van der Waals surface area contributed by atoms with Gasteiger partial charge in [-0.2, -0.15) is 23.7 Å². The van der Waals surface area contributed by atoms with E-state index >= 15 is 0 Å². The number of nitriles is 2. The van der Waals surface area contributed by atoms with E-state index < -0.39 is 69.6 Å². The lowest BCUT2D eigenvalue weighted by Crippen LogP contribution is -2.53. The van der Waals surface area contributed by atoms with Crippen molar-refractivity contribution in [3.8, 4) is 23.3 Å². The Labute approximate surface area is 245 Å². The summed E-state index contributed by atoms with van der Waals surface area (Å²) in [4.78, 5) is 13.2. The Balaban J connectivity index is 1.82. The van der Waals surface area contributed by atoms with Crippen molar-refractivity contribution < 1.29 is 35.2 Å². The van der Waals surface area contributed by atoms with Gasteiger partial charge in [0.15, 0.2) is 9.84 Å². The second-order valence-corrected chi connectivity index (χ2v) is 12.2. The predicted octanol–water partition coefficient (Wildman–Crippen LogP) is 5.38. The zero-order valence-corrected chi connectivity index (χ0v) is 24.0. The molecule has 0 aliphatic heterocycles. The molecule has 0 saturated carbocycles. The number of halogens is 5. The summed E-state index contributed by atoms with van der Waals surface area (Å²) >= 11 is 0. The van der Waals surface area contributed by atoms with Gasteiger partial charge in [-0.3, -0.25) is 10.1 Å². The molecule has 0 radical (unpaired) electrons. The fourth-order valence-electron chi connectivity index (χ4n) is 4.35. The molecule has 43 heavy (non-hydrogen) atoms. The van der Waals surface area contributed by atoms with Crippen LogP contribution in [0.1, 0.15) is 36.6 Å². The van der Waals surface area contributed by atoms with Crippen molar-refractivity contribution in [2.24, 2.45) is 5.92 Å². The normalized spacial score (nSPS) is 13.9. The second kappa shape index (κ2) is 13.3. The van der Waals surface area contributed by atoms with Gasteiger partial charge in [-0.05, 0) is 46.9 Å². The highest BCUT2D eigenvalue weighted by molar-refractivity contribution is 7.90. The van der Waals surface area contributed by atoms with E-state index in [-0.39, 0.29) is 16.0 Å². The van der Waals surface area contributed by atoms with Gasteiger partial charge in [-0.25, -0.2) is 17.2 Å². The molecule has 0 aromatic heterocycles. The molecule has 0 heterocycles. The zero-order chi connectivity index (χ0) is 32.1. The summed E-state index contributed by atoms with van der Waals surface area (Å²) in [7, 11) is -3.42. The molecule has 2 N–H and O–H groups in total. The van der Waals surface area contributed by atoms with Crippen LogP contribution in [-0.4, -0.2) is 38.8 Å². The molecular weight excluding hydrogens is 591 g/mol. The number of carbonyl (C=O) groups excluding carboxylic acids is 1. The van der Waals surface area contributed by atoms with Gasteiger partial charge in [0.1, 0.15) is 23.7 Å². The highest BCUT2D eigenvalue weighted by Crippen LogP contribution is 2.35. The van der Waals surface area contributed by atoms with E-state index in [1.54, 1.807) is 12.1 Å². The van der Waals surface area contributed by atoms with E-state index in [9.17, 15) is 40.4 Å². The maximum Gasteiger partial charge on any atom is 0.407 e. The van der Waals surface area contributed by atoms with Gasteiger partial charge in [-0.15, -0.1) is 0 Å². The molecule has 0 spiro atoms. The minimum absolute atomic E-state index is 0.0954. The first-order valence-electron chi connectivity index (χ1n) is 12.9. The smallest absolute Gasteiger partial charge is 0.339 e. The summed E-state index contributed by atoms with van der Waals surface area (Å²) in [6, 6.07) is 10.8. The summed E-state index contributed by atoms with van der Waals surface area (Å²) in [6.07, 6.45) is -4.40. The Morgan fingerprint density at radius 1 is 0.930 bits per heavy atom. The lowest BCUT2D eigenvalue weighted by atomic mass is 9.96. The first-order chi connectivity index (χ1) is 20.0. The Morgan fingerprint density at radius 2 is 1.44 bits per heavy atom. The van der Waals surface area contributed by atoms with Gasteiger partial charge in [-0.1, -0.05) is 50.2 Å². The minimum Gasteiger partial charge on any atom is -0.339 e. The standard InChI is InChI=1S/C30H27F5N4O3S/c1-17(2)27(29(40)38-22(16-37)14-24-25(31)12-18(15-36)13-26(24)32)39-28(30(33,34)35)21-6-4-19(5-7-21)20-8-10-23(11-9-20)43(3,41)42/h4-13,17,22,27-28,39H,14H2,1-3H3,(H,38,40)/t22-,27-,28-/m0/s1. The quantitative estimate of drug-likeness (QED) is 0.295. The van der Waals surface area contributed by atoms with Crippen LogP contribution in [-0.2, 0) is 21.1 Å². The molecule has 3 rings (SSSR count). The van der Waals surface area contributed by atoms with E-state index in [1.165, 1.54) is 62.4 Å². The first-order valence-corrected chi connectivity index (χ1v) is 14.8. The number of alkyl halides is 3. The molecule has 0 saturated heterocycles. The number of hydrogen-bond donors (Lipinski definition) is 2. The van der Waals surface area contributed by atoms with E-state index in [0.29, 0.717) is 11.1 Å². The van der Waals surface area contributed by atoms with Crippen LogP contribution in [0.5, 0.6) is 0 Å². The Hall–Kier alpha value is -4.33. The maximum atomic E-state index is 14.3. The second-order valence-electron chi connectivity index (χ2n) is 10.2. The molecule has 13 heteroatoms. The summed E-state index contributed by atoms with van der Waals surface area (Å²) in [5.74, 6) is -3.87. The highest BCUT2D eigenvalue weighted by atomic mass is 32.2. The molecule has 7 nitrogen and oxygen atoms in total. The van der Waals surface area contributed by atoms with Crippen LogP contribution in [0.25, 0.3) is 11.1 Å². The van der Waals surface area contributed by atoms with Crippen molar-refractivity contribution in [1.82, 2.24) is 10.6 Å². The van der Waals surface area contributed by atoms with Gasteiger partial charge in [0.05, 0.1) is 28.6 Å². The van der Waals surface area contributed by atoms with Crippen molar-refractivity contribution in [1.29, 1.82) is 10.5 Å². The van der Waals surface area contributed by atoms with Crippen LogP contribution in [0.3, 0.4) is 0 Å². The summed E-state index contributed by atoms with van der Waals surface area (Å²) in [5, 5.41) is 23.0. The molecule has 3 aromatic carbocycles. The molecule has 3 atom stereocenters. The molecule has 3 aromatic rings. The third-order valence-corrected chi connectivity index (χ3v) is 7.76. The van der Waals surface area contributed by atoms with Crippen LogP contribution in [0.15, 0.2) is 65.6 Å². The third kappa shape index (κ3) is 8.37. The third-order valence-electron chi connectivity index (χ3n) is 6.63. The van der Waals surface area contributed by atoms with Gasteiger partial charge in [0, 0.05) is 18.2 Å². The summed E-state index contributed by atoms with van der Waals surface area (Å²) in [5.41, 5.74) is 0.0613. The summed E-state index contributed by atoms with van der Waals surface area (Å²) < 4.78 is 94.7. The van der Waals surface area contributed by atoms with Crippen LogP contribution in [0.4, 0.5) is 22.0 Å². The molecular formula is C30H27F5N4O3S. The fraction of sp³-hybridized carbons (Fsp3) is 0.300. The van der Waals surface area contributed by atoms with Crippen molar-refractivity contribution >= 4 is 15.7 Å². The zero-order valence-electron chi connectivity index (χ0n) is 23.2. The number of carbonyl (C=O) groups is 1. The SMILES string of the molecule is CC(C)[C@H](N[C@@H](c1ccc(-c2ccc(S(C)(=O)=O)cc2)cc1)C(F)(F)F)C(=O)N[C@H](C#N)Cc1c(F)cc(C#N)cc1F. The van der Waals surface area contributed by atoms with Crippen molar-refractivity contribution in [2.75, 3.05) is 6.26 Å². The molecule has 0 bridgehead atoms. The van der Waals surface area contributed by atoms with Gasteiger partial charge in [0.2, 0.25) is 5.91 Å². The van der Waals surface area contributed by atoms with Crippen molar-refractivity contribution in [2.45, 2.75) is 49.5 Å². The maximum absolute atomic E-state index is 14.3. The van der Waals surface area contributed by atoms with Gasteiger partial charge < -0.3 is 5.32 Å². The van der Waals surface area contributed by atoms with Gasteiger partial charge >= 0.3 is 6.18 Å². The number of benzene rings is 3. The molecule has 0 aliphatic rings. The van der Waals surface area contributed by atoms with E-state index in [1.807, 2.05) is 0 Å². The fourth-order valence-corrected chi connectivity index (χ4v) is 4.98. The molecule has 0 unspecified atom stereocenters. The number of hydrogen-bond acceptors (Lipinski definition) is 6. The Kier molecular flexibility index (Phi) is 10.3. The molecule has 0 fully saturated rings. The molecule has 226 valence electrons. The Bertz CT molecular complexity index is 1640. The van der Waals surface area contributed by atoms with E-state index in [0.717, 1.165) is 18.4 Å². The predicted molar refractivity (Wildman–Crippen MR) is 148 cm³/mol. The topological polar surface area (TPSA) is 123 Å². The molecule has 1 amide bonds. The average molecular weight is 619 g/mol. The average Bonchev–Trinajstić information content (AvgIpc) is 2.93.